The Bertz CT molecular complexity index is 1270. The van der Waals surface area contributed by atoms with Gasteiger partial charge in [0.25, 0.3) is 5.91 Å². The Labute approximate surface area is 298 Å². The minimum atomic E-state index is -0.711. The Morgan fingerprint density at radius 3 is 1.93 bits per heavy atom. The van der Waals surface area contributed by atoms with Gasteiger partial charge in [-0.1, -0.05) is 120 Å². The molecule has 46 heavy (non-hydrogen) atoms. The van der Waals surface area contributed by atoms with E-state index in [2.05, 4.69) is 18.4 Å². The highest BCUT2D eigenvalue weighted by Crippen LogP contribution is 2.26. The standard InChI is InChI=1S/C38H52ClN2O4.HI/c1-3-5-6-7-8-9-10-11-12-13-14-18-28-44-36-22-21-33(29-35(36)39)31-45-38(43)41(37(42)34-19-16-15-17-20-34)30-32-23-26-40(25-4-2)27-24-32;/h15-17,19-24,26-27,29H,3-14,18,25,28,30-31H2,1-2H3;1H/q+1;/p-1. The molecule has 252 valence electrons. The molecule has 0 aliphatic heterocycles. The molecular formula is C38H52ClIN2O4. The summed E-state index contributed by atoms with van der Waals surface area (Å²) in [4.78, 5) is 27.7. The Morgan fingerprint density at radius 2 is 1.35 bits per heavy atom. The van der Waals surface area contributed by atoms with Gasteiger partial charge in [-0.25, -0.2) is 14.3 Å². The molecule has 0 saturated carbocycles. The number of halogens is 2. The van der Waals surface area contributed by atoms with E-state index in [9.17, 15) is 9.59 Å². The van der Waals surface area contributed by atoms with Crippen molar-refractivity contribution in [2.45, 2.75) is 117 Å². The predicted molar refractivity (Wildman–Crippen MR) is 181 cm³/mol. The molecule has 0 aliphatic rings. The van der Waals surface area contributed by atoms with E-state index in [1.807, 2.05) is 42.7 Å². The Kier molecular flexibility index (Phi) is 20.3. The summed E-state index contributed by atoms with van der Waals surface area (Å²) in [6.45, 7) is 6.00. The highest BCUT2D eigenvalue weighted by Gasteiger charge is 2.25. The van der Waals surface area contributed by atoms with Crippen molar-refractivity contribution in [3.63, 3.8) is 0 Å². The zero-order valence-electron chi connectivity index (χ0n) is 27.7. The highest BCUT2D eigenvalue weighted by molar-refractivity contribution is 6.32. The first-order chi connectivity index (χ1) is 22.0. The normalized spacial score (nSPS) is 10.7. The van der Waals surface area contributed by atoms with Gasteiger partial charge < -0.3 is 33.5 Å². The summed E-state index contributed by atoms with van der Waals surface area (Å²) in [7, 11) is 0. The lowest BCUT2D eigenvalue weighted by Crippen LogP contribution is -3.00. The van der Waals surface area contributed by atoms with Crippen molar-refractivity contribution in [1.82, 2.24) is 4.90 Å². The molecule has 0 unspecified atom stereocenters. The molecule has 0 atom stereocenters. The van der Waals surface area contributed by atoms with Crippen LogP contribution in [0.25, 0.3) is 0 Å². The number of carbonyl (C=O) groups is 2. The van der Waals surface area contributed by atoms with Crippen molar-refractivity contribution in [1.29, 1.82) is 0 Å². The summed E-state index contributed by atoms with van der Waals surface area (Å²) in [5, 5.41) is 0.476. The molecule has 2 aromatic carbocycles. The van der Waals surface area contributed by atoms with Crippen LogP contribution in [0.15, 0.2) is 73.1 Å². The van der Waals surface area contributed by atoms with Crippen LogP contribution in [0.5, 0.6) is 5.75 Å². The second-order valence-electron chi connectivity index (χ2n) is 11.8. The molecule has 0 bridgehead atoms. The summed E-state index contributed by atoms with van der Waals surface area (Å²) in [6.07, 6.45) is 19.8. The molecule has 0 spiro atoms. The van der Waals surface area contributed by atoms with Crippen LogP contribution in [0.4, 0.5) is 4.79 Å². The zero-order chi connectivity index (χ0) is 32.1. The number of hydrogen-bond donors (Lipinski definition) is 0. The predicted octanol–water partition coefficient (Wildman–Crippen LogP) is 7.10. The average Bonchev–Trinajstić information content (AvgIpc) is 3.06. The van der Waals surface area contributed by atoms with Crippen molar-refractivity contribution in [3.05, 3.63) is 94.8 Å². The van der Waals surface area contributed by atoms with Crippen molar-refractivity contribution < 1.29 is 47.6 Å². The minimum absolute atomic E-state index is 0. The lowest BCUT2D eigenvalue weighted by molar-refractivity contribution is -0.697. The third-order valence-electron chi connectivity index (χ3n) is 7.88. The van der Waals surface area contributed by atoms with Gasteiger partial charge in [0.15, 0.2) is 12.4 Å². The molecule has 3 rings (SSSR count). The number of nitrogens with zero attached hydrogens (tertiary/aromatic N) is 2. The van der Waals surface area contributed by atoms with Crippen LogP contribution in [-0.2, 0) is 24.4 Å². The van der Waals surface area contributed by atoms with Crippen LogP contribution in [0, 0.1) is 0 Å². The second-order valence-corrected chi connectivity index (χ2v) is 12.2. The number of ether oxygens (including phenoxy) is 2. The fourth-order valence-corrected chi connectivity index (χ4v) is 5.50. The molecule has 8 heteroatoms. The van der Waals surface area contributed by atoms with Crippen LogP contribution < -0.4 is 33.3 Å². The number of aryl methyl sites for hydroxylation is 1. The molecule has 0 aliphatic carbocycles. The summed E-state index contributed by atoms with van der Waals surface area (Å²) in [5.41, 5.74) is 1.98. The van der Waals surface area contributed by atoms with E-state index in [1.165, 1.54) is 64.2 Å². The van der Waals surface area contributed by atoms with Gasteiger partial charge >= 0.3 is 6.09 Å². The van der Waals surface area contributed by atoms with Gasteiger partial charge in [0.2, 0.25) is 0 Å². The van der Waals surface area contributed by atoms with Gasteiger partial charge in [0.1, 0.15) is 18.9 Å². The van der Waals surface area contributed by atoms with E-state index in [-0.39, 0.29) is 37.1 Å². The summed E-state index contributed by atoms with van der Waals surface area (Å²) >= 11 is 6.50. The van der Waals surface area contributed by atoms with E-state index >= 15 is 0 Å². The molecule has 3 aromatic rings. The molecule has 0 N–H and O–H groups in total. The maximum atomic E-state index is 13.3. The van der Waals surface area contributed by atoms with Crippen molar-refractivity contribution in [2.75, 3.05) is 6.61 Å². The zero-order valence-corrected chi connectivity index (χ0v) is 30.6. The fourth-order valence-electron chi connectivity index (χ4n) is 5.24. The number of hydrogen-bond acceptors (Lipinski definition) is 4. The molecular weight excluding hydrogens is 711 g/mol. The number of unbranched alkanes of at least 4 members (excludes halogenated alkanes) is 11. The van der Waals surface area contributed by atoms with Crippen LogP contribution in [0.2, 0.25) is 5.02 Å². The van der Waals surface area contributed by atoms with Crippen molar-refractivity contribution >= 4 is 23.6 Å². The molecule has 1 aromatic heterocycles. The van der Waals surface area contributed by atoms with E-state index < -0.39 is 12.0 Å². The smallest absolute Gasteiger partial charge is 0.417 e. The number of pyridine rings is 1. The Morgan fingerprint density at radius 1 is 0.739 bits per heavy atom. The quantitative estimate of drug-likeness (QED) is 0.0661. The summed E-state index contributed by atoms with van der Waals surface area (Å²) in [6, 6.07) is 18.0. The van der Waals surface area contributed by atoms with E-state index in [4.69, 9.17) is 21.1 Å². The molecule has 0 radical (unpaired) electrons. The topological polar surface area (TPSA) is 59.7 Å². The van der Waals surface area contributed by atoms with Crippen LogP contribution >= 0.6 is 11.6 Å². The number of rotatable bonds is 21. The first-order valence-corrected chi connectivity index (χ1v) is 17.3. The fraction of sp³-hybridized carbons (Fsp3) is 0.500. The number of carbonyl (C=O) groups excluding carboxylic acids is 2. The highest BCUT2D eigenvalue weighted by atomic mass is 127. The first-order valence-electron chi connectivity index (χ1n) is 16.9. The van der Waals surface area contributed by atoms with Gasteiger partial charge in [0, 0.05) is 24.1 Å². The third kappa shape index (κ3) is 14.8. The van der Waals surface area contributed by atoms with Gasteiger partial charge in [-0.15, -0.1) is 0 Å². The average molecular weight is 763 g/mol. The Hall–Kier alpha value is -2.65. The lowest BCUT2D eigenvalue weighted by atomic mass is 10.1. The minimum Gasteiger partial charge on any atom is -1.00 e. The molecule has 0 fully saturated rings. The number of benzene rings is 2. The molecule has 0 saturated heterocycles. The van der Waals surface area contributed by atoms with Gasteiger partial charge in [-0.3, -0.25) is 4.79 Å². The second kappa shape index (κ2) is 23.6. The van der Waals surface area contributed by atoms with E-state index in [1.54, 1.807) is 30.3 Å². The Balaban J connectivity index is 0.00000736. The third-order valence-corrected chi connectivity index (χ3v) is 8.18. The lowest BCUT2D eigenvalue weighted by Gasteiger charge is -2.20. The first kappa shape index (κ1) is 39.5. The largest absolute Gasteiger partial charge is 1.00 e. The molecule has 2 amide bonds. The van der Waals surface area contributed by atoms with E-state index in [0.717, 1.165) is 41.8 Å². The SMILES string of the molecule is CCCCCCCCCCCCCCOc1ccc(COC(=O)N(Cc2cc[n+](CCC)cc2)C(=O)c2ccccc2)cc1Cl.[I-]. The van der Waals surface area contributed by atoms with Gasteiger partial charge in [-0.2, -0.15) is 0 Å². The van der Waals surface area contributed by atoms with Gasteiger partial charge in [-0.05, 0) is 41.8 Å². The molecule has 6 nitrogen and oxygen atoms in total. The van der Waals surface area contributed by atoms with Crippen LogP contribution in [-0.4, -0.2) is 23.5 Å². The maximum Gasteiger partial charge on any atom is 0.417 e. The summed E-state index contributed by atoms with van der Waals surface area (Å²) < 4.78 is 13.6. The number of imide groups is 1. The summed E-state index contributed by atoms with van der Waals surface area (Å²) in [5.74, 6) is 0.213. The monoisotopic (exact) mass is 762 g/mol. The van der Waals surface area contributed by atoms with Crippen LogP contribution in [0.3, 0.4) is 0 Å². The van der Waals surface area contributed by atoms with Crippen molar-refractivity contribution in [3.8, 4) is 5.75 Å². The molecule has 1 heterocycles. The van der Waals surface area contributed by atoms with Crippen molar-refractivity contribution in [2.24, 2.45) is 0 Å². The van der Waals surface area contributed by atoms with Gasteiger partial charge in [0.05, 0.1) is 18.2 Å². The van der Waals surface area contributed by atoms with Crippen LogP contribution in [0.1, 0.15) is 119 Å². The number of aromatic nitrogens is 1. The number of amides is 2. The van der Waals surface area contributed by atoms with E-state index in [0.29, 0.717) is 22.9 Å². The maximum absolute atomic E-state index is 13.3.